The number of guanidine groups is 1. The smallest absolute Gasteiger partial charge is 0.191 e. The van der Waals surface area contributed by atoms with Gasteiger partial charge >= 0.3 is 0 Å². The molecule has 0 aliphatic carbocycles. The molecule has 3 rings (SSSR count). The van der Waals surface area contributed by atoms with E-state index in [2.05, 4.69) is 81.5 Å². The lowest BCUT2D eigenvalue weighted by Gasteiger charge is -2.37. The molecule has 2 heterocycles. The molecule has 2 aromatic rings. The number of nitrogens with one attached hydrogen (secondary N) is 2. The van der Waals surface area contributed by atoms with Crippen molar-refractivity contribution in [3.8, 4) is 0 Å². The summed E-state index contributed by atoms with van der Waals surface area (Å²) < 4.78 is 0. The second kappa shape index (κ2) is 9.90. The van der Waals surface area contributed by atoms with E-state index in [1.54, 1.807) is 11.3 Å². The van der Waals surface area contributed by atoms with Crippen molar-refractivity contribution in [1.82, 2.24) is 15.5 Å². The van der Waals surface area contributed by atoms with Crippen LogP contribution in [0.1, 0.15) is 49.8 Å². The van der Waals surface area contributed by atoms with Crippen LogP contribution in [0.3, 0.4) is 0 Å². The van der Waals surface area contributed by atoms with Gasteiger partial charge in [0.25, 0.3) is 0 Å². The van der Waals surface area contributed by atoms with Crippen molar-refractivity contribution < 1.29 is 0 Å². The third-order valence-electron chi connectivity index (χ3n) is 5.61. The normalized spacial score (nSPS) is 18.9. The van der Waals surface area contributed by atoms with Crippen molar-refractivity contribution in [2.24, 2.45) is 4.99 Å². The second-order valence-corrected chi connectivity index (χ2v) is 8.23. The first-order chi connectivity index (χ1) is 13.2. The molecule has 2 N–H and O–H groups in total. The van der Waals surface area contributed by atoms with E-state index in [0.29, 0.717) is 18.0 Å². The molecule has 0 spiro atoms. The van der Waals surface area contributed by atoms with Gasteiger partial charge in [-0.15, -0.1) is 0 Å². The maximum absolute atomic E-state index is 4.42. The maximum atomic E-state index is 4.42. The largest absolute Gasteiger partial charge is 0.356 e. The molecule has 5 heteroatoms. The van der Waals surface area contributed by atoms with Gasteiger partial charge in [0, 0.05) is 38.8 Å². The van der Waals surface area contributed by atoms with Gasteiger partial charge in [0.2, 0.25) is 0 Å². The lowest BCUT2D eigenvalue weighted by molar-refractivity contribution is 0.158. The number of piperidine rings is 1. The minimum Gasteiger partial charge on any atom is -0.356 e. The summed E-state index contributed by atoms with van der Waals surface area (Å²) in [5, 5.41) is 11.5. The van der Waals surface area contributed by atoms with Gasteiger partial charge in [-0.2, -0.15) is 11.3 Å². The molecule has 2 unspecified atom stereocenters. The number of thiophene rings is 1. The fourth-order valence-electron chi connectivity index (χ4n) is 3.68. The average Bonchev–Trinajstić information content (AvgIpc) is 3.26. The molecule has 1 aromatic carbocycles. The van der Waals surface area contributed by atoms with Crippen LogP contribution in [0.25, 0.3) is 0 Å². The van der Waals surface area contributed by atoms with E-state index in [9.17, 15) is 0 Å². The van der Waals surface area contributed by atoms with Crippen molar-refractivity contribution in [3.05, 3.63) is 58.3 Å². The van der Waals surface area contributed by atoms with E-state index in [0.717, 1.165) is 38.4 Å². The van der Waals surface area contributed by atoms with E-state index < -0.39 is 0 Å². The van der Waals surface area contributed by atoms with Crippen LogP contribution < -0.4 is 10.6 Å². The lowest BCUT2D eigenvalue weighted by Crippen LogP contribution is -2.49. The van der Waals surface area contributed by atoms with Crippen LogP contribution in [-0.4, -0.2) is 43.6 Å². The highest BCUT2D eigenvalue weighted by molar-refractivity contribution is 7.07. The maximum Gasteiger partial charge on any atom is 0.191 e. The van der Waals surface area contributed by atoms with Gasteiger partial charge in [0.15, 0.2) is 5.96 Å². The van der Waals surface area contributed by atoms with Crippen LogP contribution in [-0.2, 0) is 0 Å². The summed E-state index contributed by atoms with van der Waals surface area (Å²) in [5.41, 5.74) is 2.80. The summed E-state index contributed by atoms with van der Waals surface area (Å²) >= 11 is 1.76. The summed E-state index contributed by atoms with van der Waals surface area (Å²) in [6.07, 6.45) is 2.30. The first-order valence-electron chi connectivity index (χ1n) is 9.95. The molecule has 0 amide bonds. The summed E-state index contributed by atoms with van der Waals surface area (Å²) in [5.74, 6) is 1.41. The van der Waals surface area contributed by atoms with Gasteiger partial charge in [-0.3, -0.25) is 9.89 Å². The van der Waals surface area contributed by atoms with Crippen molar-refractivity contribution in [3.63, 3.8) is 0 Å². The van der Waals surface area contributed by atoms with Gasteiger partial charge in [-0.25, -0.2) is 0 Å². The molecule has 1 fully saturated rings. The summed E-state index contributed by atoms with van der Waals surface area (Å²) in [6.45, 7) is 7.72. The van der Waals surface area contributed by atoms with Crippen LogP contribution in [0.5, 0.6) is 0 Å². The molecular weight excluding hydrogens is 352 g/mol. The SMILES string of the molecule is CN=C(NCC(C)c1ccsc1)NC1CCN(C(C)c2ccccc2)CC1. The summed E-state index contributed by atoms with van der Waals surface area (Å²) in [4.78, 5) is 7.01. The molecule has 0 bridgehead atoms. The first-order valence-corrected chi connectivity index (χ1v) is 10.9. The van der Waals surface area contributed by atoms with Crippen molar-refractivity contribution >= 4 is 17.3 Å². The molecule has 0 radical (unpaired) electrons. The molecule has 4 nitrogen and oxygen atoms in total. The molecular formula is C22H32N4S. The molecule has 2 atom stereocenters. The fraction of sp³-hybridized carbons (Fsp3) is 0.500. The predicted octanol–water partition coefficient (Wildman–Crippen LogP) is 4.24. The quantitative estimate of drug-likeness (QED) is 0.578. The van der Waals surface area contributed by atoms with Gasteiger partial charge in [0.1, 0.15) is 0 Å². The van der Waals surface area contributed by atoms with Gasteiger partial charge in [-0.05, 0) is 53.6 Å². The van der Waals surface area contributed by atoms with Crippen LogP contribution >= 0.6 is 11.3 Å². The number of benzene rings is 1. The predicted molar refractivity (Wildman–Crippen MR) is 117 cm³/mol. The second-order valence-electron chi connectivity index (χ2n) is 7.45. The number of nitrogens with zero attached hydrogens (tertiary/aromatic N) is 2. The number of hydrogen-bond acceptors (Lipinski definition) is 3. The topological polar surface area (TPSA) is 39.7 Å². The molecule has 1 saturated heterocycles. The standard InChI is InChI=1S/C22H32N4S/c1-17(20-11-14-27-16-20)15-24-22(23-3)25-21-9-12-26(13-10-21)18(2)19-7-5-4-6-8-19/h4-8,11,14,16-18,21H,9-10,12-13,15H2,1-3H3,(H2,23,24,25). The minimum atomic E-state index is 0.482. The van der Waals surface area contributed by atoms with Gasteiger partial charge in [-0.1, -0.05) is 37.3 Å². The molecule has 146 valence electrons. The summed E-state index contributed by atoms with van der Waals surface area (Å²) in [6, 6.07) is 14.0. The van der Waals surface area contributed by atoms with E-state index >= 15 is 0 Å². The van der Waals surface area contributed by atoms with Gasteiger partial charge in [0.05, 0.1) is 0 Å². The van der Waals surface area contributed by atoms with Gasteiger partial charge < -0.3 is 10.6 Å². The summed E-state index contributed by atoms with van der Waals surface area (Å²) in [7, 11) is 1.86. The number of hydrogen-bond donors (Lipinski definition) is 2. The van der Waals surface area contributed by atoms with E-state index in [1.165, 1.54) is 11.1 Å². The molecule has 0 saturated carbocycles. The Balaban J connectivity index is 1.43. The third kappa shape index (κ3) is 5.56. The van der Waals surface area contributed by atoms with Crippen LogP contribution in [0, 0.1) is 0 Å². The zero-order valence-corrected chi connectivity index (χ0v) is 17.5. The highest BCUT2D eigenvalue weighted by Crippen LogP contribution is 2.24. The van der Waals surface area contributed by atoms with Crippen molar-refractivity contribution in [2.45, 2.75) is 44.7 Å². The van der Waals surface area contributed by atoms with Crippen LogP contribution in [0.4, 0.5) is 0 Å². The molecule has 1 aliphatic heterocycles. The Labute approximate surface area is 167 Å². The average molecular weight is 385 g/mol. The fourth-order valence-corrected chi connectivity index (χ4v) is 4.47. The van der Waals surface area contributed by atoms with E-state index in [4.69, 9.17) is 0 Å². The molecule has 1 aromatic heterocycles. The van der Waals surface area contributed by atoms with E-state index in [-0.39, 0.29) is 0 Å². The zero-order chi connectivity index (χ0) is 19.1. The Kier molecular flexibility index (Phi) is 7.30. The Morgan fingerprint density at radius 1 is 1.15 bits per heavy atom. The third-order valence-corrected chi connectivity index (χ3v) is 6.31. The molecule has 1 aliphatic rings. The Bertz CT molecular complexity index is 690. The monoisotopic (exact) mass is 384 g/mol. The highest BCUT2D eigenvalue weighted by Gasteiger charge is 2.24. The number of rotatable bonds is 6. The van der Waals surface area contributed by atoms with Crippen molar-refractivity contribution in [2.75, 3.05) is 26.7 Å². The van der Waals surface area contributed by atoms with Crippen LogP contribution in [0.15, 0.2) is 52.2 Å². The zero-order valence-electron chi connectivity index (χ0n) is 16.7. The number of aliphatic imine (C=N–C) groups is 1. The van der Waals surface area contributed by atoms with Crippen molar-refractivity contribution in [1.29, 1.82) is 0 Å². The first kappa shape index (κ1) is 19.9. The molecule has 27 heavy (non-hydrogen) atoms. The Hall–Kier alpha value is -1.85. The number of likely N-dealkylation sites (tertiary alicyclic amines) is 1. The Morgan fingerprint density at radius 2 is 1.89 bits per heavy atom. The minimum absolute atomic E-state index is 0.482. The Morgan fingerprint density at radius 3 is 2.52 bits per heavy atom. The van der Waals surface area contributed by atoms with Crippen LogP contribution in [0.2, 0.25) is 0 Å². The van der Waals surface area contributed by atoms with E-state index in [1.807, 2.05) is 7.05 Å². The lowest BCUT2D eigenvalue weighted by atomic mass is 10.0. The highest BCUT2D eigenvalue weighted by atomic mass is 32.1.